The van der Waals surface area contributed by atoms with E-state index in [1.807, 2.05) is 23.2 Å². The van der Waals surface area contributed by atoms with Crippen LogP contribution >= 0.6 is 0 Å². The Hall–Kier alpha value is -2.14. The maximum Gasteiger partial charge on any atom is 0.0638 e. The van der Waals surface area contributed by atoms with E-state index in [1.54, 1.807) is 0 Å². The van der Waals surface area contributed by atoms with Gasteiger partial charge in [0.15, 0.2) is 0 Å². The molecule has 0 spiro atoms. The Bertz CT molecular complexity index is 691. The van der Waals surface area contributed by atoms with Gasteiger partial charge in [0.1, 0.15) is 0 Å². The molecule has 2 aromatic heterocycles. The van der Waals surface area contributed by atoms with Crippen molar-refractivity contribution in [3.8, 4) is 0 Å². The van der Waals surface area contributed by atoms with E-state index in [9.17, 15) is 0 Å². The second kappa shape index (κ2) is 7.62. The van der Waals surface area contributed by atoms with Crippen LogP contribution in [0.1, 0.15) is 23.2 Å². The first-order valence-electron chi connectivity index (χ1n) is 8.69. The van der Waals surface area contributed by atoms with Crippen LogP contribution in [0.25, 0.3) is 0 Å². The van der Waals surface area contributed by atoms with Crippen molar-refractivity contribution in [1.82, 2.24) is 19.7 Å². The highest BCUT2D eigenvalue weighted by Gasteiger charge is 2.18. The highest BCUT2D eigenvalue weighted by Crippen LogP contribution is 2.20. The molecule has 5 nitrogen and oxygen atoms in total. The zero-order valence-electron chi connectivity index (χ0n) is 14.8. The summed E-state index contributed by atoms with van der Waals surface area (Å²) < 4.78 is 1.97. The largest absolute Gasteiger partial charge is 0.370 e. The third-order valence-electron chi connectivity index (χ3n) is 4.68. The molecule has 1 fully saturated rings. The number of allylic oxidation sites excluding steroid dienone is 1. The van der Waals surface area contributed by atoms with Gasteiger partial charge < -0.3 is 4.90 Å². The fourth-order valence-corrected chi connectivity index (χ4v) is 3.37. The van der Waals surface area contributed by atoms with Gasteiger partial charge in [-0.2, -0.15) is 5.10 Å². The van der Waals surface area contributed by atoms with Crippen LogP contribution in [0.5, 0.6) is 0 Å². The highest BCUT2D eigenvalue weighted by atomic mass is 15.3. The van der Waals surface area contributed by atoms with E-state index in [0.717, 1.165) is 45.0 Å². The maximum atomic E-state index is 4.56. The van der Waals surface area contributed by atoms with Crippen molar-refractivity contribution in [2.24, 2.45) is 0 Å². The summed E-state index contributed by atoms with van der Waals surface area (Å²) in [5.74, 6) is 0. The van der Waals surface area contributed by atoms with Crippen LogP contribution in [-0.4, -0.2) is 45.8 Å². The van der Waals surface area contributed by atoms with Gasteiger partial charge in [-0.1, -0.05) is 6.08 Å². The molecule has 1 aliphatic rings. The molecule has 0 amide bonds. The van der Waals surface area contributed by atoms with E-state index in [0.29, 0.717) is 0 Å². The first-order valence-corrected chi connectivity index (χ1v) is 8.69. The molecule has 5 heteroatoms. The van der Waals surface area contributed by atoms with E-state index in [2.05, 4.69) is 52.6 Å². The van der Waals surface area contributed by atoms with Gasteiger partial charge >= 0.3 is 0 Å². The van der Waals surface area contributed by atoms with Crippen molar-refractivity contribution < 1.29 is 0 Å². The number of hydrogen-bond donors (Lipinski definition) is 0. The summed E-state index contributed by atoms with van der Waals surface area (Å²) in [4.78, 5) is 9.24. The van der Waals surface area contributed by atoms with Gasteiger partial charge in [0.2, 0.25) is 0 Å². The molecule has 0 unspecified atom stereocenters. The Kier molecular flexibility index (Phi) is 5.30. The Morgan fingerprint density at radius 3 is 2.88 bits per heavy atom. The van der Waals surface area contributed by atoms with Gasteiger partial charge in [0, 0.05) is 62.6 Å². The number of pyridine rings is 1. The quantitative estimate of drug-likeness (QED) is 0.792. The van der Waals surface area contributed by atoms with Crippen LogP contribution in [0, 0.1) is 13.8 Å². The number of rotatable bonds is 5. The van der Waals surface area contributed by atoms with Gasteiger partial charge in [-0.3, -0.25) is 14.6 Å². The van der Waals surface area contributed by atoms with Crippen molar-refractivity contribution in [2.45, 2.75) is 33.4 Å². The smallest absolute Gasteiger partial charge is 0.0638 e. The van der Waals surface area contributed by atoms with Crippen molar-refractivity contribution in [3.05, 3.63) is 54.1 Å². The second-order valence-electron chi connectivity index (χ2n) is 6.53. The number of aromatic nitrogens is 3. The number of anilines is 1. The van der Waals surface area contributed by atoms with Crippen molar-refractivity contribution >= 4 is 5.69 Å². The summed E-state index contributed by atoms with van der Waals surface area (Å²) >= 11 is 0. The molecule has 0 saturated carbocycles. The Morgan fingerprint density at radius 1 is 1.21 bits per heavy atom. The molecule has 24 heavy (non-hydrogen) atoms. The van der Waals surface area contributed by atoms with Crippen LogP contribution in [0.15, 0.2) is 37.3 Å². The maximum absolute atomic E-state index is 4.56. The van der Waals surface area contributed by atoms with E-state index in [1.165, 1.54) is 23.2 Å². The standard InChI is InChI=1S/C19H27N5/c1-4-8-24-15-18(17(3)21-24)14-22-9-5-10-23(12-11-22)19-6-7-20-13-16(19)2/h4,6-7,13,15H,1,5,8-12,14H2,2-3H3. The molecular formula is C19H27N5. The summed E-state index contributed by atoms with van der Waals surface area (Å²) in [6.07, 6.45) is 9.07. The zero-order chi connectivity index (χ0) is 16.9. The Morgan fingerprint density at radius 2 is 2.08 bits per heavy atom. The molecule has 0 aliphatic carbocycles. The molecule has 0 atom stereocenters. The Labute approximate surface area is 144 Å². The average Bonchev–Trinajstić information content (AvgIpc) is 2.77. The van der Waals surface area contributed by atoms with Crippen molar-refractivity contribution in [2.75, 3.05) is 31.1 Å². The third kappa shape index (κ3) is 3.85. The summed E-state index contributed by atoms with van der Waals surface area (Å²) in [6, 6.07) is 2.13. The Balaban J connectivity index is 1.63. The predicted molar refractivity (Wildman–Crippen MR) is 98.2 cm³/mol. The lowest BCUT2D eigenvalue weighted by atomic mass is 10.2. The molecule has 0 N–H and O–H groups in total. The van der Waals surface area contributed by atoms with E-state index >= 15 is 0 Å². The molecule has 3 heterocycles. The molecule has 0 radical (unpaired) electrons. The highest BCUT2D eigenvalue weighted by molar-refractivity contribution is 5.51. The molecular weight excluding hydrogens is 298 g/mol. The lowest BCUT2D eigenvalue weighted by molar-refractivity contribution is 0.285. The lowest BCUT2D eigenvalue weighted by Crippen LogP contribution is -2.30. The fraction of sp³-hybridized carbons (Fsp3) is 0.474. The van der Waals surface area contributed by atoms with E-state index in [-0.39, 0.29) is 0 Å². The third-order valence-corrected chi connectivity index (χ3v) is 4.68. The minimum absolute atomic E-state index is 0.774. The summed E-state index contributed by atoms with van der Waals surface area (Å²) in [6.45, 7) is 14.2. The zero-order valence-corrected chi connectivity index (χ0v) is 14.8. The van der Waals surface area contributed by atoms with Gasteiger partial charge in [0.05, 0.1) is 12.2 Å². The SMILES string of the molecule is C=CCn1cc(CN2CCCN(c3ccncc3C)CC2)c(C)n1. The summed E-state index contributed by atoms with van der Waals surface area (Å²) in [7, 11) is 0. The van der Waals surface area contributed by atoms with Crippen LogP contribution in [0.3, 0.4) is 0 Å². The van der Waals surface area contributed by atoms with Crippen molar-refractivity contribution in [1.29, 1.82) is 0 Å². The second-order valence-corrected chi connectivity index (χ2v) is 6.53. The first kappa shape index (κ1) is 16.7. The molecule has 1 aliphatic heterocycles. The number of nitrogens with zero attached hydrogens (tertiary/aromatic N) is 5. The van der Waals surface area contributed by atoms with Crippen LogP contribution in [0.2, 0.25) is 0 Å². The van der Waals surface area contributed by atoms with Crippen LogP contribution in [-0.2, 0) is 13.1 Å². The molecule has 3 rings (SSSR count). The van der Waals surface area contributed by atoms with E-state index < -0.39 is 0 Å². The van der Waals surface area contributed by atoms with Gasteiger partial charge in [-0.15, -0.1) is 6.58 Å². The van der Waals surface area contributed by atoms with E-state index in [4.69, 9.17) is 0 Å². The van der Waals surface area contributed by atoms with Gasteiger partial charge in [-0.25, -0.2) is 0 Å². The predicted octanol–water partition coefficient (Wildman–Crippen LogP) is 2.79. The first-order chi connectivity index (χ1) is 11.7. The molecule has 1 saturated heterocycles. The lowest BCUT2D eigenvalue weighted by Gasteiger charge is -2.25. The van der Waals surface area contributed by atoms with Gasteiger partial charge in [0.25, 0.3) is 0 Å². The number of hydrogen-bond acceptors (Lipinski definition) is 4. The normalized spacial score (nSPS) is 16.2. The van der Waals surface area contributed by atoms with Crippen LogP contribution in [0.4, 0.5) is 5.69 Å². The van der Waals surface area contributed by atoms with Gasteiger partial charge in [-0.05, 0) is 31.9 Å². The summed E-state index contributed by atoms with van der Waals surface area (Å²) in [5.41, 5.74) is 5.03. The molecule has 0 bridgehead atoms. The monoisotopic (exact) mass is 325 g/mol. The average molecular weight is 325 g/mol. The molecule has 0 aromatic carbocycles. The van der Waals surface area contributed by atoms with Crippen LogP contribution < -0.4 is 4.90 Å². The minimum Gasteiger partial charge on any atom is -0.370 e. The van der Waals surface area contributed by atoms with Crippen molar-refractivity contribution in [3.63, 3.8) is 0 Å². The summed E-state index contributed by atoms with van der Waals surface area (Å²) in [5, 5.41) is 4.56. The topological polar surface area (TPSA) is 37.2 Å². The number of aryl methyl sites for hydroxylation is 2. The minimum atomic E-state index is 0.774. The molecule has 128 valence electrons. The fourth-order valence-electron chi connectivity index (χ4n) is 3.37. The molecule has 2 aromatic rings.